The molecule has 2 rings (SSSR count). The molecule has 0 radical (unpaired) electrons. The fraction of sp³-hybridized carbons (Fsp3) is 0.438. The van der Waals surface area contributed by atoms with Gasteiger partial charge in [0.05, 0.1) is 16.6 Å². The minimum Gasteiger partial charge on any atom is -0.368 e. The monoisotopic (exact) mass is 363 g/mol. The number of nitrogen functional groups attached to an aromatic ring is 1. The molecule has 2 aromatic heterocycles. The minimum atomic E-state index is -1.32. The molecule has 0 bridgehead atoms. The van der Waals surface area contributed by atoms with E-state index >= 15 is 0 Å². The lowest BCUT2D eigenvalue weighted by molar-refractivity contribution is 0.356. The van der Waals surface area contributed by atoms with E-state index in [1.54, 1.807) is 24.6 Å². The Morgan fingerprint density at radius 1 is 1.28 bits per heavy atom. The molecule has 2 unspecified atom stereocenters. The number of nitrogens with one attached hydrogen (secondary N) is 1. The Morgan fingerprint density at radius 2 is 2.00 bits per heavy atom. The van der Waals surface area contributed by atoms with Gasteiger partial charge in [-0.2, -0.15) is 15.0 Å². The van der Waals surface area contributed by atoms with E-state index in [0.717, 1.165) is 21.2 Å². The zero-order chi connectivity index (χ0) is 18.6. The minimum absolute atomic E-state index is 0.0127. The van der Waals surface area contributed by atoms with Gasteiger partial charge in [-0.1, -0.05) is 6.08 Å². The Balaban J connectivity index is 2.27. The summed E-state index contributed by atoms with van der Waals surface area (Å²) >= 11 is 1.56. The molecule has 0 aromatic carbocycles. The quantitative estimate of drug-likeness (QED) is 0.761. The fourth-order valence-electron chi connectivity index (χ4n) is 2.24. The van der Waals surface area contributed by atoms with Gasteiger partial charge in [-0.15, -0.1) is 11.3 Å². The number of nitrogens with zero attached hydrogens (tertiary/aromatic N) is 5. The van der Waals surface area contributed by atoms with Crippen molar-refractivity contribution >= 4 is 35.0 Å². The number of aromatic nitrogens is 4. The van der Waals surface area contributed by atoms with Crippen LogP contribution in [-0.4, -0.2) is 33.2 Å². The summed E-state index contributed by atoms with van der Waals surface area (Å²) < 4.78 is 13.5. The highest BCUT2D eigenvalue weighted by molar-refractivity contribution is 7.13. The van der Waals surface area contributed by atoms with Gasteiger partial charge in [0.1, 0.15) is 5.01 Å². The van der Waals surface area contributed by atoms with Gasteiger partial charge < -0.3 is 11.1 Å². The van der Waals surface area contributed by atoms with Crippen molar-refractivity contribution in [3.05, 3.63) is 27.5 Å². The molecular formula is C16H22FN7S. The van der Waals surface area contributed by atoms with Gasteiger partial charge in [-0.05, 0) is 27.7 Å². The second-order valence-electron chi connectivity index (χ2n) is 5.46. The largest absolute Gasteiger partial charge is 0.368 e. The summed E-state index contributed by atoms with van der Waals surface area (Å²) in [5.41, 5.74) is 7.51. The van der Waals surface area contributed by atoms with Crippen molar-refractivity contribution in [2.45, 2.75) is 39.9 Å². The van der Waals surface area contributed by atoms with Crippen molar-refractivity contribution < 1.29 is 4.39 Å². The summed E-state index contributed by atoms with van der Waals surface area (Å²) in [7, 11) is 1.73. The molecule has 2 heterocycles. The van der Waals surface area contributed by atoms with E-state index in [-0.39, 0.29) is 23.8 Å². The number of hydrogen-bond acceptors (Lipinski definition) is 8. The van der Waals surface area contributed by atoms with Gasteiger partial charge in [-0.3, -0.25) is 4.99 Å². The lowest BCUT2D eigenvalue weighted by Gasteiger charge is -2.13. The first-order valence-electron chi connectivity index (χ1n) is 7.83. The lowest BCUT2D eigenvalue weighted by atomic mass is 10.2. The maximum absolute atomic E-state index is 13.5. The van der Waals surface area contributed by atoms with Gasteiger partial charge in [0.2, 0.25) is 11.9 Å². The van der Waals surface area contributed by atoms with Crippen LogP contribution >= 0.6 is 11.3 Å². The molecule has 0 amide bonds. The second-order valence-corrected chi connectivity index (χ2v) is 6.49. The van der Waals surface area contributed by atoms with Gasteiger partial charge in [0, 0.05) is 18.8 Å². The van der Waals surface area contributed by atoms with Crippen LogP contribution in [0, 0.1) is 6.92 Å². The first kappa shape index (κ1) is 18.9. The predicted octanol–water partition coefficient (Wildman–Crippen LogP) is 3.53. The number of alkyl halides is 1. The van der Waals surface area contributed by atoms with Gasteiger partial charge >= 0.3 is 0 Å². The smallest absolute Gasteiger partial charge is 0.228 e. The molecule has 0 aliphatic carbocycles. The van der Waals surface area contributed by atoms with E-state index < -0.39 is 6.17 Å². The number of nitrogens with two attached hydrogens (primary N) is 1. The molecule has 25 heavy (non-hydrogen) atoms. The Kier molecular flexibility index (Phi) is 6.13. The molecule has 3 N–H and O–H groups in total. The van der Waals surface area contributed by atoms with Crippen molar-refractivity contribution in [2.24, 2.45) is 4.99 Å². The summed E-state index contributed by atoms with van der Waals surface area (Å²) in [4.78, 5) is 21.6. The van der Waals surface area contributed by atoms with Crippen LogP contribution in [0.4, 0.5) is 16.3 Å². The average molecular weight is 363 g/mol. The summed E-state index contributed by atoms with van der Waals surface area (Å²) in [5.74, 6) is 0.246. The topological polar surface area (TPSA) is 102 Å². The number of anilines is 2. The number of halogens is 1. The van der Waals surface area contributed by atoms with Crippen LogP contribution in [0.1, 0.15) is 54.4 Å². The summed E-state index contributed by atoms with van der Waals surface area (Å²) in [6.45, 7) is 7.21. The molecular weight excluding hydrogens is 341 g/mol. The first-order chi connectivity index (χ1) is 11.8. The van der Waals surface area contributed by atoms with Crippen molar-refractivity contribution in [3.8, 4) is 0 Å². The summed E-state index contributed by atoms with van der Waals surface area (Å²) in [6.07, 6.45) is 2.43. The third-order valence-corrected chi connectivity index (χ3v) is 4.81. The van der Waals surface area contributed by atoms with Crippen molar-refractivity contribution in [3.63, 3.8) is 0 Å². The Labute approximate surface area is 150 Å². The van der Waals surface area contributed by atoms with Crippen LogP contribution in [0.2, 0.25) is 0 Å². The van der Waals surface area contributed by atoms with E-state index in [9.17, 15) is 4.39 Å². The van der Waals surface area contributed by atoms with Crippen LogP contribution in [0.25, 0.3) is 5.57 Å². The highest BCUT2D eigenvalue weighted by Crippen LogP contribution is 2.30. The van der Waals surface area contributed by atoms with Crippen molar-refractivity contribution in [1.29, 1.82) is 0 Å². The third kappa shape index (κ3) is 4.56. The summed E-state index contributed by atoms with van der Waals surface area (Å²) in [5, 5.41) is 4.04. The van der Waals surface area contributed by atoms with Crippen molar-refractivity contribution in [2.75, 3.05) is 18.1 Å². The van der Waals surface area contributed by atoms with Crippen LogP contribution in [0.5, 0.6) is 0 Å². The summed E-state index contributed by atoms with van der Waals surface area (Å²) in [6, 6.07) is -0.118. The molecule has 0 aliphatic heterocycles. The molecule has 9 heteroatoms. The lowest BCUT2D eigenvalue weighted by Crippen LogP contribution is -2.13. The number of aryl methyl sites for hydroxylation is 1. The predicted molar refractivity (Wildman–Crippen MR) is 101 cm³/mol. The van der Waals surface area contributed by atoms with E-state index in [1.807, 2.05) is 26.8 Å². The van der Waals surface area contributed by atoms with Gasteiger partial charge in [0.15, 0.2) is 12.0 Å². The third-order valence-electron chi connectivity index (χ3n) is 3.42. The zero-order valence-corrected chi connectivity index (χ0v) is 15.7. The number of aliphatic imine (C=N–C) groups is 1. The van der Waals surface area contributed by atoms with E-state index in [2.05, 4.69) is 30.2 Å². The molecule has 2 aromatic rings. The van der Waals surface area contributed by atoms with Gasteiger partial charge in [0.25, 0.3) is 0 Å². The zero-order valence-electron chi connectivity index (χ0n) is 14.9. The molecule has 0 aliphatic rings. The number of rotatable bonds is 6. The van der Waals surface area contributed by atoms with Crippen molar-refractivity contribution in [1.82, 2.24) is 19.9 Å². The van der Waals surface area contributed by atoms with Crippen LogP contribution in [-0.2, 0) is 0 Å². The Bertz CT molecular complexity index is 798. The van der Waals surface area contributed by atoms with Gasteiger partial charge in [-0.25, -0.2) is 9.37 Å². The SMILES string of the molecule is C/C=C(\C=N/C)c1nc(C)c(C(C)Nc2nc(N)nc(C(C)F)n2)s1. The van der Waals surface area contributed by atoms with Crippen LogP contribution in [0.15, 0.2) is 11.1 Å². The fourth-order valence-corrected chi connectivity index (χ4v) is 3.35. The molecule has 7 nitrogen and oxygen atoms in total. The number of allylic oxidation sites excluding steroid dienone is 2. The maximum Gasteiger partial charge on any atom is 0.228 e. The average Bonchev–Trinajstić information content (AvgIpc) is 2.93. The van der Waals surface area contributed by atoms with Crippen LogP contribution in [0.3, 0.4) is 0 Å². The standard InChI is InChI=1S/C16H22FN7S/c1-6-11(7-19-5)14-20-9(3)12(25-14)10(4)21-16-23-13(8(2)17)22-15(18)24-16/h6-8,10H,1-5H3,(H3,18,21,22,23,24)/b11-6+,19-7-. The Morgan fingerprint density at radius 3 is 2.60 bits per heavy atom. The van der Waals surface area contributed by atoms with E-state index in [0.29, 0.717) is 0 Å². The maximum atomic E-state index is 13.5. The molecule has 2 atom stereocenters. The highest BCUT2D eigenvalue weighted by Gasteiger charge is 2.18. The second kappa shape index (κ2) is 8.11. The molecule has 0 saturated heterocycles. The van der Waals surface area contributed by atoms with E-state index in [4.69, 9.17) is 5.73 Å². The normalized spacial score (nSPS) is 14.7. The first-order valence-corrected chi connectivity index (χ1v) is 8.65. The number of thiazole rings is 1. The van der Waals surface area contributed by atoms with Crippen LogP contribution < -0.4 is 11.1 Å². The number of hydrogen-bond donors (Lipinski definition) is 2. The van der Waals surface area contributed by atoms with E-state index in [1.165, 1.54) is 6.92 Å². The Hall–Kier alpha value is -2.42. The molecule has 0 saturated carbocycles. The molecule has 0 fully saturated rings. The highest BCUT2D eigenvalue weighted by atomic mass is 32.1. The molecule has 134 valence electrons. The molecule has 0 spiro atoms.